The number of nitrogens with zero attached hydrogens (tertiary/aromatic N) is 2. The van der Waals surface area contributed by atoms with Gasteiger partial charge in [-0.2, -0.15) is 18.3 Å². The van der Waals surface area contributed by atoms with E-state index in [9.17, 15) is 18.0 Å². The number of carbonyl (C=O) groups is 1. The normalized spacial score (nSPS) is 11.4. The van der Waals surface area contributed by atoms with Gasteiger partial charge in [0.05, 0.1) is 24.5 Å². The van der Waals surface area contributed by atoms with Crippen molar-refractivity contribution in [3.63, 3.8) is 0 Å². The molecule has 0 unspecified atom stereocenters. The van der Waals surface area contributed by atoms with E-state index < -0.39 is 11.7 Å². The molecule has 7 heteroatoms. The second kappa shape index (κ2) is 5.36. The van der Waals surface area contributed by atoms with Crippen molar-refractivity contribution in [2.75, 3.05) is 0 Å². The molecule has 106 valence electrons. The van der Waals surface area contributed by atoms with Crippen molar-refractivity contribution in [3.05, 3.63) is 42.2 Å². The molecule has 0 amide bonds. The molecule has 2 aromatic rings. The molecule has 1 aromatic carbocycles. The van der Waals surface area contributed by atoms with E-state index in [4.69, 9.17) is 4.74 Å². The summed E-state index contributed by atoms with van der Waals surface area (Å²) in [5, 5.41) is 3.90. The molecule has 0 aliphatic carbocycles. The lowest BCUT2D eigenvalue weighted by molar-refractivity contribution is -0.137. The number of ketones is 1. The number of rotatable bonds is 4. The standard InChI is InChI=1S/C13H11F3N2O2/c1-9(19)7-18-8-12(6-17-18)20-11-4-2-10(3-5-11)13(14,15)16/h2-6,8H,7H2,1H3. The van der Waals surface area contributed by atoms with Gasteiger partial charge in [0.15, 0.2) is 11.5 Å². The minimum absolute atomic E-state index is 0.0609. The number of ether oxygens (including phenoxy) is 1. The number of benzene rings is 1. The Bertz CT molecular complexity index is 603. The number of Topliss-reactive ketones (excluding diaryl/α,β-unsaturated/α-hetero) is 1. The Morgan fingerprint density at radius 2 is 1.90 bits per heavy atom. The van der Waals surface area contributed by atoms with Crippen LogP contribution >= 0.6 is 0 Å². The largest absolute Gasteiger partial charge is 0.454 e. The van der Waals surface area contributed by atoms with Crippen LogP contribution in [-0.2, 0) is 17.5 Å². The third-order valence-corrected chi connectivity index (χ3v) is 2.41. The monoisotopic (exact) mass is 284 g/mol. The number of carbonyl (C=O) groups excluding carboxylic acids is 1. The Hall–Kier alpha value is -2.31. The van der Waals surface area contributed by atoms with Gasteiger partial charge in [0.1, 0.15) is 5.75 Å². The van der Waals surface area contributed by atoms with Crippen LogP contribution in [0.15, 0.2) is 36.7 Å². The SMILES string of the molecule is CC(=O)Cn1cc(Oc2ccc(C(F)(F)F)cc2)cn1. The first kappa shape index (κ1) is 14.1. The zero-order chi connectivity index (χ0) is 14.8. The molecule has 1 heterocycles. The van der Waals surface area contributed by atoms with Crippen LogP contribution in [0.4, 0.5) is 13.2 Å². The predicted octanol–water partition coefficient (Wildman–Crippen LogP) is 3.28. The zero-order valence-electron chi connectivity index (χ0n) is 10.5. The second-order valence-electron chi connectivity index (χ2n) is 4.20. The summed E-state index contributed by atoms with van der Waals surface area (Å²) in [5.74, 6) is 0.556. The van der Waals surface area contributed by atoms with Crippen LogP contribution in [0.1, 0.15) is 12.5 Å². The molecule has 0 spiro atoms. The van der Waals surface area contributed by atoms with Crippen LogP contribution in [-0.4, -0.2) is 15.6 Å². The fraction of sp³-hybridized carbons (Fsp3) is 0.231. The molecule has 0 atom stereocenters. The Morgan fingerprint density at radius 1 is 1.25 bits per heavy atom. The quantitative estimate of drug-likeness (QED) is 0.865. The van der Waals surface area contributed by atoms with E-state index in [0.29, 0.717) is 5.75 Å². The van der Waals surface area contributed by atoms with E-state index in [1.165, 1.54) is 36.1 Å². The van der Waals surface area contributed by atoms with Crippen LogP contribution in [0.3, 0.4) is 0 Å². The fourth-order valence-electron chi connectivity index (χ4n) is 1.56. The van der Waals surface area contributed by atoms with Gasteiger partial charge in [0, 0.05) is 0 Å². The van der Waals surface area contributed by atoms with E-state index in [2.05, 4.69) is 5.10 Å². The maximum Gasteiger partial charge on any atom is 0.416 e. The average molecular weight is 284 g/mol. The fourth-order valence-corrected chi connectivity index (χ4v) is 1.56. The van der Waals surface area contributed by atoms with Crippen molar-refractivity contribution in [3.8, 4) is 11.5 Å². The van der Waals surface area contributed by atoms with Gasteiger partial charge in [-0.25, -0.2) is 0 Å². The summed E-state index contributed by atoms with van der Waals surface area (Å²) >= 11 is 0. The van der Waals surface area contributed by atoms with Gasteiger partial charge in [0.25, 0.3) is 0 Å². The molecule has 0 fully saturated rings. The molecule has 0 aliphatic heterocycles. The first-order chi connectivity index (χ1) is 9.34. The first-order valence-corrected chi connectivity index (χ1v) is 5.71. The van der Waals surface area contributed by atoms with Crippen molar-refractivity contribution in [1.82, 2.24) is 9.78 Å². The Morgan fingerprint density at radius 3 is 2.45 bits per heavy atom. The number of hydrogen-bond acceptors (Lipinski definition) is 3. The predicted molar refractivity (Wildman–Crippen MR) is 64.4 cm³/mol. The smallest absolute Gasteiger partial charge is 0.416 e. The van der Waals surface area contributed by atoms with Crippen molar-refractivity contribution < 1.29 is 22.7 Å². The van der Waals surface area contributed by atoms with E-state index in [0.717, 1.165) is 12.1 Å². The minimum Gasteiger partial charge on any atom is -0.454 e. The van der Waals surface area contributed by atoms with E-state index in [-0.39, 0.29) is 18.1 Å². The summed E-state index contributed by atoms with van der Waals surface area (Å²) in [6.07, 6.45) is -1.48. The Kier molecular flexibility index (Phi) is 3.78. The van der Waals surface area contributed by atoms with Crippen LogP contribution in [0.25, 0.3) is 0 Å². The maximum absolute atomic E-state index is 12.4. The summed E-state index contributed by atoms with van der Waals surface area (Å²) in [6.45, 7) is 1.55. The summed E-state index contributed by atoms with van der Waals surface area (Å²) < 4.78 is 43.9. The van der Waals surface area contributed by atoms with Crippen molar-refractivity contribution in [2.24, 2.45) is 0 Å². The van der Waals surface area contributed by atoms with E-state index in [1.54, 1.807) is 0 Å². The van der Waals surface area contributed by atoms with Gasteiger partial charge in [-0.3, -0.25) is 9.48 Å². The molecule has 0 radical (unpaired) electrons. The van der Waals surface area contributed by atoms with Crippen LogP contribution < -0.4 is 4.74 Å². The highest BCUT2D eigenvalue weighted by Gasteiger charge is 2.30. The van der Waals surface area contributed by atoms with Crippen LogP contribution in [0.5, 0.6) is 11.5 Å². The van der Waals surface area contributed by atoms with Gasteiger partial charge < -0.3 is 4.74 Å². The summed E-state index contributed by atoms with van der Waals surface area (Å²) in [7, 11) is 0. The molecule has 0 saturated carbocycles. The van der Waals surface area contributed by atoms with Gasteiger partial charge in [-0.1, -0.05) is 0 Å². The average Bonchev–Trinajstić information content (AvgIpc) is 2.75. The lowest BCUT2D eigenvalue weighted by Gasteiger charge is -2.07. The molecular weight excluding hydrogens is 273 g/mol. The van der Waals surface area contributed by atoms with Crippen molar-refractivity contribution >= 4 is 5.78 Å². The highest BCUT2D eigenvalue weighted by molar-refractivity contribution is 5.75. The van der Waals surface area contributed by atoms with Crippen LogP contribution in [0, 0.1) is 0 Å². The van der Waals surface area contributed by atoms with Gasteiger partial charge in [-0.05, 0) is 31.2 Å². The highest BCUT2D eigenvalue weighted by Crippen LogP contribution is 2.31. The number of halogens is 3. The molecule has 0 saturated heterocycles. The Balaban J connectivity index is 2.06. The lowest BCUT2D eigenvalue weighted by atomic mass is 10.2. The zero-order valence-corrected chi connectivity index (χ0v) is 10.5. The highest BCUT2D eigenvalue weighted by atomic mass is 19.4. The van der Waals surface area contributed by atoms with Crippen LogP contribution in [0.2, 0.25) is 0 Å². The maximum atomic E-state index is 12.4. The second-order valence-corrected chi connectivity index (χ2v) is 4.20. The molecule has 0 N–H and O–H groups in total. The Labute approximate surface area is 112 Å². The first-order valence-electron chi connectivity index (χ1n) is 5.71. The van der Waals surface area contributed by atoms with Gasteiger partial charge >= 0.3 is 6.18 Å². The summed E-state index contributed by atoms with van der Waals surface area (Å²) in [6, 6.07) is 4.33. The minimum atomic E-state index is -4.37. The van der Waals surface area contributed by atoms with Gasteiger partial charge in [-0.15, -0.1) is 0 Å². The topological polar surface area (TPSA) is 44.1 Å². The summed E-state index contributed by atoms with van der Waals surface area (Å²) in [4.78, 5) is 10.9. The molecule has 2 rings (SSSR count). The van der Waals surface area contributed by atoms with Crippen molar-refractivity contribution in [1.29, 1.82) is 0 Å². The number of aromatic nitrogens is 2. The van der Waals surface area contributed by atoms with Gasteiger partial charge in [0.2, 0.25) is 0 Å². The molecule has 0 bridgehead atoms. The molecule has 4 nitrogen and oxygen atoms in total. The van der Waals surface area contributed by atoms with Crippen molar-refractivity contribution in [2.45, 2.75) is 19.6 Å². The molecular formula is C13H11F3N2O2. The molecule has 0 aliphatic rings. The van der Waals surface area contributed by atoms with E-state index in [1.807, 2.05) is 0 Å². The third kappa shape index (κ3) is 3.59. The van der Waals surface area contributed by atoms with E-state index >= 15 is 0 Å². The summed E-state index contributed by atoms with van der Waals surface area (Å²) in [5.41, 5.74) is -0.739. The molecule has 1 aromatic heterocycles. The lowest BCUT2D eigenvalue weighted by Crippen LogP contribution is -2.05. The molecule has 20 heavy (non-hydrogen) atoms. The number of hydrogen-bond donors (Lipinski definition) is 0. The third-order valence-electron chi connectivity index (χ3n) is 2.41. The number of alkyl halides is 3.